The third kappa shape index (κ3) is 2.89. The molecule has 98 valence electrons. The molecule has 2 aromatic heterocycles. The Bertz CT molecular complexity index is 641. The van der Waals surface area contributed by atoms with E-state index in [2.05, 4.69) is 19.9 Å². The summed E-state index contributed by atoms with van der Waals surface area (Å²) in [6, 6.07) is 1.69. The van der Waals surface area contributed by atoms with Gasteiger partial charge in [0.1, 0.15) is 12.0 Å². The van der Waals surface area contributed by atoms with Gasteiger partial charge in [-0.2, -0.15) is 0 Å². The van der Waals surface area contributed by atoms with E-state index >= 15 is 0 Å². The Hall–Kier alpha value is -2.84. The lowest BCUT2D eigenvalue weighted by Crippen LogP contribution is -2.24. The maximum Gasteiger partial charge on any atom is 0.352 e. The van der Waals surface area contributed by atoms with Gasteiger partial charge in [0, 0.05) is 19.4 Å². The second-order valence-electron chi connectivity index (χ2n) is 3.70. The molecule has 0 bridgehead atoms. The molecule has 1 N–H and O–H groups in total. The van der Waals surface area contributed by atoms with E-state index in [1.54, 1.807) is 30.4 Å². The van der Waals surface area contributed by atoms with Crippen LogP contribution < -0.4 is 10.5 Å². The average Bonchev–Trinajstić information content (AvgIpc) is 2.39. The number of hydrogen-bond acceptors (Lipinski definition) is 7. The van der Waals surface area contributed by atoms with Crippen LogP contribution in [0.4, 0.5) is 11.6 Å². The molecule has 0 aliphatic heterocycles. The number of aromatic nitrogens is 4. The first-order valence-corrected chi connectivity index (χ1v) is 5.28. The van der Waals surface area contributed by atoms with Crippen LogP contribution >= 0.6 is 0 Å². The number of nitro groups is 1. The summed E-state index contributed by atoms with van der Waals surface area (Å²) in [5.41, 5.74) is -1.39. The average molecular weight is 262 g/mol. The van der Waals surface area contributed by atoms with Crippen molar-refractivity contribution < 1.29 is 4.92 Å². The van der Waals surface area contributed by atoms with Crippen molar-refractivity contribution in [3.05, 3.63) is 50.9 Å². The van der Waals surface area contributed by atoms with Gasteiger partial charge in [0.25, 0.3) is 0 Å². The van der Waals surface area contributed by atoms with Gasteiger partial charge in [0.15, 0.2) is 0 Å². The van der Waals surface area contributed by atoms with E-state index in [0.717, 1.165) is 6.20 Å². The molecule has 0 aliphatic carbocycles. The van der Waals surface area contributed by atoms with Gasteiger partial charge >= 0.3 is 11.2 Å². The fraction of sp³-hybridized carbons (Fsp3) is 0.200. The Morgan fingerprint density at radius 2 is 2.05 bits per heavy atom. The van der Waals surface area contributed by atoms with Gasteiger partial charge < -0.3 is 4.90 Å². The zero-order chi connectivity index (χ0) is 13.8. The zero-order valence-electron chi connectivity index (χ0n) is 9.98. The van der Waals surface area contributed by atoms with Crippen LogP contribution in [0.15, 0.2) is 29.5 Å². The molecule has 0 aliphatic rings. The highest BCUT2D eigenvalue weighted by Gasteiger charge is 2.15. The molecular formula is C10H10N6O3. The molecule has 0 aromatic carbocycles. The quantitative estimate of drug-likeness (QED) is 0.613. The van der Waals surface area contributed by atoms with E-state index in [1.165, 1.54) is 0 Å². The lowest BCUT2D eigenvalue weighted by molar-refractivity contribution is -0.386. The number of anilines is 1. The van der Waals surface area contributed by atoms with Crippen LogP contribution in [-0.4, -0.2) is 31.9 Å². The minimum atomic E-state index is -0.796. The van der Waals surface area contributed by atoms with Crippen LogP contribution in [0.3, 0.4) is 0 Å². The van der Waals surface area contributed by atoms with Gasteiger partial charge in [-0.25, -0.2) is 15.0 Å². The van der Waals surface area contributed by atoms with Crippen molar-refractivity contribution in [3.63, 3.8) is 0 Å². The van der Waals surface area contributed by atoms with E-state index in [9.17, 15) is 14.9 Å². The van der Waals surface area contributed by atoms with Gasteiger partial charge in [-0.05, 0) is 6.07 Å². The molecule has 0 atom stereocenters. The van der Waals surface area contributed by atoms with E-state index in [0.29, 0.717) is 12.4 Å². The van der Waals surface area contributed by atoms with Gasteiger partial charge in [-0.15, -0.1) is 0 Å². The summed E-state index contributed by atoms with van der Waals surface area (Å²) in [4.78, 5) is 37.0. The Labute approximate surface area is 107 Å². The Morgan fingerprint density at radius 1 is 1.37 bits per heavy atom. The van der Waals surface area contributed by atoms with Gasteiger partial charge in [0.05, 0.1) is 11.5 Å². The van der Waals surface area contributed by atoms with E-state index < -0.39 is 16.2 Å². The van der Waals surface area contributed by atoms with Gasteiger partial charge in [-0.1, -0.05) is 0 Å². The Kier molecular flexibility index (Phi) is 3.46. The number of hydrogen-bond donors (Lipinski definition) is 1. The van der Waals surface area contributed by atoms with Crippen LogP contribution in [0.5, 0.6) is 0 Å². The predicted octanol–water partition coefficient (Wildman–Crippen LogP) is 0.104. The first-order chi connectivity index (χ1) is 9.08. The van der Waals surface area contributed by atoms with E-state index in [1.807, 2.05) is 0 Å². The van der Waals surface area contributed by atoms with Crippen molar-refractivity contribution in [1.29, 1.82) is 0 Å². The van der Waals surface area contributed by atoms with Crippen LogP contribution in [0.2, 0.25) is 0 Å². The molecule has 0 spiro atoms. The van der Waals surface area contributed by atoms with E-state index in [-0.39, 0.29) is 5.95 Å². The van der Waals surface area contributed by atoms with Crippen LogP contribution in [-0.2, 0) is 6.54 Å². The highest BCUT2D eigenvalue weighted by Crippen LogP contribution is 2.07. The summed E-state index contributed by atoms with van der Waals surface area (Å²) in [6.07, 6.45) is 4.13. The maximum atomic E-state index is 11.4. The molecule has 9 nitrogen and oxygen atoms in total. The molecule has 9 heteroatoms. The molecule has 2 aromatic rings. The van der Waals surface area contributed by atoms with Gasteiger partial charge in [0.2, 0.25) is 5.95 Å². The van der Waals surface area contributed by atoms with Gasteiger partial charge in [-0.3, -0.25) is 19.9 Å². The van der Waals surface area contributed by atoms with Crippen molar-refractivity contribution in [2.45, 2.75) is 6.54 Å². The second kappa shape index (κ2) is 5.21. The molecule has 0 unspecified atom stereocenters. The summed E-state index contributed by atoms with van der Waals surface area (Å²) in [5, 5.41) is 10.5. The third-order valence-corrected chi connectivity index (χ3v) is 2.32. The Morgan fingerprint density at radius 3 is 2.63 bits per heavy atom. The van der Waals surface area contributed by atoms with Crippen LogP contribution in [0, 0.1) is 10.1 Å². The smallest absolute Gasteiger partial charge is 0.338 e. The summed E-state index contributed by atoms with van der Waals surface area (Å²) in [7, 11) is 1.67. The second-order valence-corrected chi connectivity index (χ2v) is 3.70. The topological polar surface area (TPSA) is 118 Å². The fourth-order valence-corrected chi connectivity index (χ4v) is 1.40. The van der Waals surface area contributed by atoms with Crippen molar-refractivity contribution in [3.8, 4) is 0 Å². The lowest BCUT2D eigenvalue weighted by Gasteiger charge is -2.15. The zero-order valence-corrected chi connectivity index (χ0v) is 9.98. The Balaban J connectivity index is 2.21. The van der Waals surface area contributed by atoms with Crippen molar-refractivity contribution >= 4 is 11.6 Å². The van der Waals surface area contributed by atoms with Crippen molar-refractivity contribution in [2.75, 3.05) is 11.9 Å². The molecule has 0 amide bonds. The highest BCUT2D eigenvalue weighted by atomic mass is 16.6. The van der Waals surface area contributed by atoms with Crippen molar-refractivity contribution in [2.24, 2.45) is 0 Å². The molecule has 2 rings (SSSR count). The number of aromatic amines is 1. The molecule has 0 saturated carbocycles. The van der Waals surface area contributed by atoms with Crippen LogP contribution in [0.1, 0.15) is 5.82 Å². The highest BCUT2D eigenvalue weighted by molar-refractivity contribution is 5.33. The normalized spacial score (nSPS) is 10.2. The molecule has 2 heterocycles. The number of nitrogens with one attached hydrogen (secondary N) is 1. The standard InChI is InChI=1S/C10H10N6O3/c1-15(6-8-11-3-2-4-12-8)10-13-5-7(16(18)19)9(17)14-10/h2-5H,6H2,1H3,(H,13,14,17). The minimum Gasteiger partial charge on any atom is -0.338 e. The largest absolute Gasteiger partial charge is 0.352 e. The molecule has 0 saturated heterocycles. The molecule has 0 fully saturated rings. The number of nitrogens with zero attached hydrogens (tertiary/aromatic N) is 5. The fourth-order valence-electron chi connectivity index (χ4n) is 1.40. The summed E-state index contributed by atoms with van der Waals surface area (Å²) < 4.78 is 0. The van der Waals surface area contributed by atoms with Crippen molar-refractivity contribution in [1.82, 2.24) is 19.9 Å². The third-order valence-electron chi connectivity index (χ3n) is 2.32. The first-order valence-electron chi connectivity index (χ1n) is 5.28. The molecular weight excluding hydrogens is 252 g/mol. The predicted molar refractivity (Wildman–Crippen MR) is 65.7 cm³/mol. The van der Waals surface area contributed by atoms with Crippen LogP contribution in [0.25, 0.3) is 0 Å². The first kappa shape index (κ1) is 12.6. The number of rotatable bonds is 4. The monoisotopic (exact) mass is 262 g/mol. The summed E-state index contributed by atoms with van der Waals surface area (Å²) in [5.74, 6) is 0.758. The molecule has 0 radical (unpaired) electrons. The SMILES string of the molecule is CN(Cc1ncccn1)c1ncc([N+](=O)[O-])c(=O)[nH]1. The minimum absolute atomic E-state index is 0.211. The maximum absolute atomic E-state index is 11.4. The van der Waals surface area contributed by atoms with E-state index in [4.69, 9.17) is 0 Å². The lowest BCUT2D eigenvalue weighted by atomic mass is 10.5. The summed E-state index contributed by atoms with van der Waals surface area (Å²) in [6.45, 7) is 0.321. The summed E-state index contributed by atoms with van der Waals surface area (Å²) >= 11 is 0. The number of H-pyrrole nitrogens is 1. The molecule has 19 heavy (non-hydrogen) atoms.